The van der Waals surface area contributed by atoms with Crippen molar-refractivity contribution >= 4 is 5.97 Å². The van der Waals surface area contributed by atoms with Crippen LogP contribution in [0.4, 0.5) is 0 Å². The summed E-state index contributed by atoms with van der Waals surface area (Å²) in [7, 11) is 1.43. The van der Waals surface area contributed by atoms with Crippen LogP contribution in [-0.4, -0.2) is 23.3 Å². The van der Waals surface area contributed by atoms with Crippen molar-refractivity contribution in [2.45, 2.75) is 6.61 Å². The third-order valence-corrected chi connectivity index (χ3v) is 2.77. The van der Waals surface area contributed by atoms with Gasteiger partial charge in [-0.25, -0.2) is 4.79 Å². The zero-order valence-electron chi connectivity index (χ0n) is 10.9. The van der Waals surface area contributed by atoms with Crippen molar-refractivity contribution in [3.63, 3.8) is 0 Å². The summed E-state index contributed by atoms with van der Waals surface area (Å²) in [4.78, 5) is 12.0. The van der Waals surface area contributed by atoms with E-state index in [1.165, 1.54) is 25.3 Å². The molecule has 0 atom stereocenters. The molecule has 0 aliphatic rings. The van der Waals surface area contributed by atoms with Gasteiger partial charge in [-0.05, 0) is 23.8 Å². The second-order valence-corrected chi connectivity index (χ2v) is 4.04. The summed E-state index contributed by atoms with van der Waals surface area (Å²) in [6, 6.07) is 10.9. The fourth-order valence-electron chi connectivity index (χ4n) is 1.75. The number of carbonyl (C=O) groups is 1. The third-order valence-electron chi connectivity index (χ3n) is 2.77. The lowest BCUT2D eigenvalue weighted by atomic mass is 10.1. The Morgan fingerprint density at radius 1 is 1.20 bits per heavy atom. The number of ether oxygens (including phenoxy) is 2. The van der Waals surface area contributed by atoms with Gasteiger partial charge < -0.3 is 19.7 Å². The lowest BCUT2D eigenvalue weighted by Gasteiger charge is -2.09. The standard InChI is InChI=1S/C15H14O5/c1-19-14-7-6-11(8-13(14)17)20-15(18)12-5-3-2-4-10(12)9-16/h2-8,16-17H,9H2,1H3. The first-order valence-electron chi connectivity index (χ1n) is 5.93. The number of phenolic OH excluding ortho intramolecular Hbond substituents is 1. The number of hydrogen-bond donors (Lipinski definition) is 2. The topological polar surface area (TPSA) is 76.0 Å². The highest BCUT2D eigenvalue weighted by molar-refractivity contribution is 5.92. The molecule has 104 valence electrons. The van der Waals surface area contributed by atoms with Crippen LogP contribution in [-0.2, 0) is 6.61 Å². The smallest absolute Gasteiger partial charge is 0.343 e. The number of aromatic hydroxyl groups is 1. The van der Waals surface area contributed by atoms with Crippen LogP contribution >= 0.6 is 0 Å². The van der Waals surface area contributed by atoms with E-state index in [-0.39, 0.29) is 23.7 Å². The SMILES string of the molecule is COc1ccc(OC(=O)c2ccccc2CO)cc1O. The number of aliphatic hydroxyl groups excluding tert-OH is 1. The Kier molecular flexibility index (Phi) is 4.22. The summed E-state index contributed by atoms with van der Waals surface area (Å²) in [5.41, 5.74) is 0.764. The van der Waals surface area contributed by atoms with Gasteiger partial charge in [-0.3, -0.25) is 0 Å². The zero-order chi connectivity index (χ0) is 14.5. The molecule has 2 N–H and O–H groups in total. The van der Waals surface area contributed by atoms with Crippen LogP contribution in [0.15, 0.2) is 42.5 Å². The van der Waals surface area contributed by atoms with Crippen LogP contribution < -0.4 is 9.47 Å². The average molecular weight is 274 g/mol. The summed E-state index contributed by atoms with van der Waals surface area (Å²) in [6.07, 6.45) is 0. The number of phenols is 1. The van der Waals surface area contributed by atoms with E-state index in [0.717, 1.165) is 0 Å². The van der Waals surface area contributed by atoms with Gasteiger partial charge in [0.2, 0.25) is 0 Å². The van der Waals surface area contributed by atoms with Gasteiger partial charge in [0.05, 0.1) is 19.3 Å². The molecule has 0 saturated carbocycles. The summed E-state index contributed by atoms with van der Waals surface area (Å²) in [6.45, 7) is -0.251. The second kappa shape index (κ2) is 6.08. The van der Waals surface area contributed by atoms with E-state index in [4.69, 9.17) is 9.47 Å². The van der Waals surface area contributed by atoms with E-state index < -0.39 is 5.97 Å². The van der Waals surface area contributed by atoms with Gasteiger partial charge >= 0.3 is 5.97 Å². The zero-order valence-corrected chi connectivity index (χ0v) is 10.9. The first kappa shape index (κ1) is 13.9. The molecule has 0 heterocycles. The van der Waals surface area contributed by atoms with E-state index in [1.807, 2.05) is 0 Å². The van der Waals surface area contributed by atoms with Gasteiger partial charge in [0, 0.05) is 6.07 Å². The predicted molar refractivity (Wildman–Crippen MR) is 72.0 cm³/mol. The van der Waals surface area contributed by atoms with Gasteiger partial charge in [0.15, 0.2) is 11.5 Å². The highest BCUT2D eigenvalue weighted by atomic mass is 16.5. The third kappa shape index (κ3) is 2.89. The predicted octanol–water partition coefficient (Wildman–Crippen LogP) is 2.11. The number of benzene rings is 2. The molecule has 20 heavy (non-hydrogen) atoms. The number of carbonyl (C=O) groups excluding carboxylic acids is 1. The lowest BCUT2D eigenvalue weighted by Crippen LogP contribution is -2.11. The fourth-order valence-corrected chi connectivity index (χ4v) is 1.75. The summed E-state index contributed by atoms with van der Waals surface area (Å²) in [5.74, 6) is -0.228. The minimum atomic E-state index is -0.598. The van der Waals surface area contributed by atoms with Crippen LogP contribution in [0.1, 0.15) is 15.9 Å². The van der Waals surface area contributed by atoms with Crippen molar-refractivity contribution in [2.24, 2.45) is 0 Å². The molecule has 0 amide bonds. The van der Waals surface area contributed by atoms with Crippen LogP contribution in [0.3, 0.4) is 0 Å². The molecule has 0 bridgehead atoms. The van der Waals surface area contributed by atoms with Crippen molar-refractivity contribution in [1.82, 2.24) is 0 Å². The van der Waals surface area contributed by atoms with Crippen LogP contribution in [0.25, 0.3) is 0 Å². The molecule has 0 fully saturated rings. The largest absolute Gasteiger partial charge is 0.504 e. The molecule has 0 radical (unpaired) electrons. The van der Waals surface area contributed by atoms with Crippen molar-refractivity contribution in [1.29, 1.82) is 0 Å². The summed E-state index contributed by atoms with van der Waals surface area (Å²) < 4.78 is 10.1. The monoisotopic (exact) mass is 274 g/mol. The second-order valence-electron chi connectivity index (χ2n) is 4.04. The molecule has 0 aliphatic carbocycles. The Morgan fingerprint density at radius 3 is 2.60 bits per heavy atom. The molecule has 2 aromatic rings. The Hall–Kier alpha value is -2.53. The molecule has 0 saturated heterocycles. The number of hydrogen-bond acceptors (Lipinski definition) is 5. The average Bonchev–Trinajstić information content (AvgIpc) is 2.47. The molecule has 5 heteroatoms. The molecule has 0 spiro atoms. The molecule has 0 unspecified atom stereocenters. The number of rotatable bonds is 4. The lowest BCUT2D eigenvalue weighted by molar-refractivity contribution is 0.0731. The van der Waals surface area contributed by atoms with Crippen molar-refractivity contribution in [3.05, 3.63) is 53.6 Å². The molecule has 2 aromatic carbocycles. The molecule has 0 aliphatic heterocycles. The fraction of sp³-hybridized carbons (Fsp3) is 0.133. The van der Waals surface area contributed by atoms with E-state index >= 15 is 0 Å². The quantitative estimate of drug-likeness (QED) is 0.659. The maximum absolute atomic E-state index is 12.0. The normalized spacial score (nSPS) is 10.1. The number of esters is 1. The highest BCUT2D eigenvalue weighted by Crippen LogP contribution is 2.30. The molecular formula is C15H14O5. The van der Waals surface area contributed by atoms with Gasteiger partial charge in [0.25, 0.3) is 0 Å². The van der Waals surface area contributed by atoms with Gasteiger partial charge in [-0.2, -0.15) is 0 Å². The van der Waals surface area contributed by atoms with E-state index in [0.29, 0.717) is 11.3 Å². The molecule has 5 nitrogen and oxygen atoms in total. The Morgan fingerprint density at radius 2 is 1.95 bits per heavy atom. The van der Waals surface area contributed by atoms with E-state index in [9.17, 15) is 15.0 Å². The maximum atomic E-state index is 12.0. The van der Waals surface area contributed by atoms with Gasteiger partial charge in [-0.15, -0.1) is 0 Å². The summed E-state index contributed by atoms with van der Waals surface area (Å²) in [5, 5.41) is 18.8. The summed E-state index contributed by atoms with van der Waals surface area (Å²) >= 11 is 0. The maximum Gasteiger partial charge on any atom is 0.343 e. The van der Waals surface area contributed by atoms with Gasteiger partial charge in [-0.1, -0.05) is 18.2 Å². The van der Waals surface area contributed by atoms with Gasteiger partial charge in [0.1, 0.15) is 5.75 Å². The van der Waals surface area contributed by atoms with Crippen molar-refractivity contribution in [3.8, 4) is 17.2 Å². The Bertz CT molecular complexity index is 621. The molecule has 2 rings (SSSR count). The number of aliphatic hydroxyl groups is 1. The van der Waals surface area contributed by atoms with Crippen molar-refractivity contribution in [2.75, 3.05) is 7.11 Å². The van der Waals surface area contributed by atoms with E-state index in [1.54, 1.807) is 24.3 Å². The van der Waals surface area contributed by atoms with Crippen LogP contribution in [0.5, 0.6) is 17.2 Å². The van der Waals surface area contributed by atoms with Crippen molar-refractivity contribution < 1.29 is 24.5 Å². The molecular weight excluding hydrogens is 260 g/mol. The van der Waals surface area contributed by atoms with Crippen LogP contribution in [0, 0.1) is 0 Å². The van der Waals surface area contributed by atoms with E-state index in [2.05, 4.69) is 0 Å². The minimum Gasteiger partial charge on any atom is -0.504 e. The number of methoxy groups -OCH3 is 1. The minimum absolute atomic E-state index is 0.117. The Balaban J connectivity index is 2.21. The first-order chi connectivity index (χ1) is 9.65. The first-order valence-corrected chi connectivity index (χ1v) is 5.93. The molecule has 0 aromatic heterocycles. The highest BCUT2D eigenvalue weighted by Gasteiger charge is 2.13. The van der Waals surface area contributed by atoms with Crippen LogP contribution in [0.2, 0.25) is 0 Å². The Labute approximate surface area is 116 Å².